The van der Waals surface area contributed by atoms with Crippen LogP contribution >= 0.6 is 0 Å². The highest BCUT2D eigenvalue weighted by Crippen LogP contribution is 2.21. The third kappa shape index (κ3) is 3.69. The van der Waals surface area contributed by atoms with Gasteiger partial charge in [0, 0.05) is 25.7 Å². The van der Waals surface area contributed by atoms with Crippen molar-refractivity contribution >= 4 is 5.91 Å². The number of nitrogens with zero attached hydrogens (tertiary/aromatic N) is 2. The molecule has 3 atom stereocenters. The zero-order valence-electron chi connectivity index (χ0n) is 12.3. The molecule has 0 radical (unpaired) electrons. The molecule has 2 saturated heterocycles. The van der Waals surface area contributed by atoms with E-state index in [0.717, 1.165) is 45.3 Å². The molecule has 110 valence electrons. The predicted octanol–water partition coefficient (Wildman–Crippen LogP) is 1.48. The average molecular weight is 268 g/mol. The minimum Gasteiger partial charge on any atom is -0.393 e. The lowest BCUT2D eigenvalue weighted by atomic mass is 9.96. The Morgan fingerprint density at radius 3 is 2.74 bits per heavy atom. The molecule has 2 fully saturated rings. The molecule has 1 N–H and O–H groups in total. The highest BCUT2D eigenvalue weighted by atomic mass is 16.3. The molecular formula is C15H28N2O2. The first kappa shape index (κ1) is 14.8. The van der Waals surface area contributed by atoms with Gasteiger partial charge in [0.25, 0.3) is 0 Å². The molecule has 2 rings (SSSR count). The smallest absolute Gasteiger partial charge is 0.236 e. The van der Waals surface area contributed by atoms with Crippen molar-refractivity contribution in [1.29, 1.82) is 0 Å². The summed E-state index contributed by atoms with van der Waals surface area (Å²) in [5, 5.41) is 9.74. The van der Waals surface area contributed by atoms with Gasteiger partial charge in [-0.25, -0.2) is 0 Å². The van der Waals surface area contributed by atoms with Crippen LogP contribution in [0.15, 0.2) is 0 Å². The third-order valence-electron chi connectivity index (χ3n) is 4.72. The van der Waals surface area contributed by atoms with Crippen molar-refractivity contribution in [3.8, 4) is 0 Å². The van der Waals surface area contributed by atoms with Gasteiger partial charge < -0.3 is 10.0 Å². The van der Waals surface area contributed by atoms with Gasteiger partial charge in [-0.3, -0.25) is 9.69 Å². The van der Waals surface area contributed by atoms with Gasteiger partial charge >= 0.3 is 0 Å². The maximum absolute atomic E-state index is 12.4. The molecule has 0 bridgehead atoms. The SMILES string of the molecule is CCC1CCCCN1C(=O)CN1CCC(O)C(C)C1. The summed E-state index contributed by atoms with van der Waals surface area (Å²) in [7, 11) is 0. The molecule has 0 aromatic heterocycles. The van der Waals surface area contributed by atoms with Crippen molar-refractivity contribution in [2.45, 2.75) is 58.1 Å². The molecule has 2 aliphatic heterocycles. The Morgan fingerprint density at radius 1 is 1.26 bits per heavy atom. The summed E-state index contributed by atoms with van der Waals surface area (Å²) in [6.45, 7) is 7.41. The number of carbonyl (C=O) groups is 1. The lowest BCUT2D eigenvalue weighted by Gasteiger charge is -2.39. The van der Waals surface area contributed by atoms with Gasteiger partial charge in [-0.15, -0.1) is 0 Å². The molecule has 0 aliphatic carbocycles. The second-order valence-corrected chi connectivity index (χ2v) is 6.21. The van der Waals surface area contributed by atoms with Crippen molar-refractivity contribution in [1.82, 2.24) is 9.80 Å². The van der Waals surface area contributed by atoms with Gasteiger partial charge in [0.15, 0.2) is 0 Å². The fourth-order valence-electron chi connectivity index (χ4n) is 3.40. The summed E-state index contributed by atoms with van der Waals surface area (Å²) in [5.41, 5.74) is 0. The van der Waals surface area contributed by atoms with Gasteiger partial charge in [0.1, 0.15) is 0 Å². The van der Waals surface area contributed by atoms with Crippen LogP contribution in [-0.4, -0.2) is 59.1 Å². The highest BCUT2D eigenvalue weighted by molar-refractivity contribution is 5.78. The minimum absolute atomic E-state index is 0.190. The first-order valence-corrected chi connectivity index (χ1v) is 7.81. The molecule has 0 aromatic carbocycles. The van der Waals surface area contributed by atoms with Gasteiger partial charge in [-0.1, -0.05) is 13.8 Å². The molecule has 0 saturated carbocycles. The minimum atomic E-state index is -0.190. The largest absolute Gasteiger partial charge is 0.393 e. The van der Waals surface area contributed by atoms with E-state index in [-0.39, 0.29) is 17.9 Å². The van der Waals surface area contributed by atoms with E-state index in [1.54, 1.807) is 0 Å². The summed E-state index contributed by atoms with van der Waals surface area (Å²) in [5.74, 6) is 0.569. The summed E-state index contributed by atoms with van der Waals surface area (Å²) < 4.78 is 0. The summed E-state index contributed by atoms with van der Waals surface area (Å²) >= 11 is 0. The number of hydrogen-bond donors (Lipinski definition) is 1. The van der Waals surface area contributed by atoms with E-state index in [2.05, 4.69) is 23.6 Å². The van der Waals surface area contributed by atoms with Crippen LogP contribution in [0.5, 0.6) is 0 Å². The van der Waals surface area contributed by atoms with Crippen molar-refractivity contribution in [2.75, 3.05) is 26.2 Å². The van der Waals surface area contributed by atoms with Gasteiger partial charge in [-0.2, -0.15) is 0 Å². The van der Waals surface area contributed by atoms with E-state index in [1.165, 1.54) is 6.42 Å². The molecule has 1 amide bonds. The molecule has 3 unspecified atom stereocenters. The lowest BCUT2D eigenvalue weighted by Crippen LogP contribution is -2.50. The quantitative estimate of drug-likeness (QED) is 0.843. The topological polar surface area (TPSA) is 43.8 Å². The van der Waals surface area contributed by atoms with Crippen LogP contribution < -0.4 is 0 Å². The number of aliphatic hydroxyl groups excluding tert-OH is 1. The summed E-state index contributed by atoms with van der Waals surface area (Å²) in [6, 6.07) is 0.453. The molecule has 2 heterocycles. The number of likely N-dealkylation sites (tertiary alicyclic amines) is 2. The molecule has 2 aliphatic rings. The Bertz CT molecular complexity index is 309. The molecule has 19 heavy (non-hydrogen) atoms. The van der Waals surface area contributed by atoms with Crippen LogP contribution in [0.3, 0.4) is 0 Å². The Balaban J connectivity index is 1.86. The van der Waals surface area contributed by atoms with Crippen LogP contribution in [0.2, 0.25) is 0 Å². The van der Waals surface area contributed by atoms with Crippen LogP contribution in [0.25, 0.3) is 0 Å². The summed E-state index contributed by atoms with van der Waals surface area (Å²) in [4.78, 5) is 16.8. The van der Waals surface area contributed by atoms with E-state index in [1.807, 2.05) is 0 Å². The number of amides is 1. The fourth-order valence-corrected chi connectivity index (χ4v) is 3.40. The normalized spacial score (nSPS) is 33.4. The summed E-state index contributed by atoms with van der Waals surface area (Å²) in [6.07, 6.45) is 5.25. The maximum Gasteiger partial charge on any atom is 0.236 e. The van der Waals surface area contributed by atoms with Crippen LogP contribution in [0.4, 0.5) is 0 Å². The Labute approximate surface area is 116 Å². The van der Waals surface area contributed by atoms with Crippen molar-refractivity contribution in [2.24, 2.45) is 5.92 Å². The molecule has 4 heteroatoms. The number of rotatable bonds is 3. The van der Waals surface area contributed by atoms with Crippen LogP contribution in [-0.2, 0) is 4.79 Å². The van der Waals surface area contributed by atoms with Crippen molar-refractivity contribution < 1.29 is 9.90 Å². The van der Waals surface area contributed by atoms with Gasteiger partial charge in [0.05, 0.1) is 12.6 Å². The van der Waals surface area contributed by atoms with Crippen molar-refractivity contribution in [3.63, 3.8) is 0 Å². The van der Waals surface area contributed by atoms with E-state index < -0.39 is 0 Å². The zero-order chi connectivity index (χ0) is 13.8. The van der Waals surface area contributed by atoms with Gasteiger partial charge in [0.2, 0.25) is 5.91 Å². The van der Waals surface area contributed by atoms with E-state index in [4.69, 9.17) is 0 Å². The predicted molar refractivity (Wildman–Crippen MR) is 75.9 cm³/mol. The van der Waals surface area contributed by atoms with Crippen molar-refractivity contribution in [3.05, 3.63) is 0 Å². The molecule has 4 nitrogen and oxygen atoms in total. The Kier molecular flexibility index (Phi) is 5.22. The first-order chi connectivity index (χ1) is 9.11. The Morgan fingerprint density at radius 2 is 2.05 bits per heavy atom. The van der Waals surface area contributed by atoms with E-state index in [9.17, 15) is 9.90 Å². The van der Waals surface area contributed by atoms with Crippen LogP contribution in [0, 0.1) is 5.92 Å². The third-order valence-corrected chi connectivity index (χ3v) is 4.72. The molecular weight excluding hydrogens is 240 g/mol. The van der Waals surface area contributed by atoms with E-state index >= 15 is 0 Å². The first-order valence-electron chi connectivity index (χ1n) is 7.81. The van der Waals surface area contributed by atoms with Crippen LogP contribution in [0.1, 0.15) is 46.0 Å². The standard InChI is InChI=1S/C15H28N2O2/c1-3-13-6-4-5-8-17(13)15(19)11-16-9-7-14(18)12(2)10-16/h12-14,18H,3-11H2,1-2H3. The van der Waals surface area contributed by atoms with Gasteiger partial charge in [-0.05, 0) is 38.0 Å². The monoisotopic (exact) mass is 268 g/mol. The number of piperidine rings is 2. The number of hydrogen-bond acceptors (Lipinski definition) is 3. The molecule has 0 aromatic rings. The zero-order valence-corrected chi connectivity index (χ0v) is 12.3. The lowest BCUT2D eigenvalue weighted by molar-refractivity contribution is -0.137. The highest BCUT2D eigenvalue weighted by Gasteiger charge is 2.29. The number of carbonyl (C=O) groups excluding carboxylic acids is 1. The second-order valence-electron chi connectivity index (χ2n) is 6.21. The second kappa shape index (κ2) is 6.71. The maximum atomic E-state index is 12.4. The average Bonchev–Trinajstić information content (AvgIpc) is 2.43. The number of aliphatic hydroxyl groups is 1. The fraction of sp³-hybridized carbons (Fsp3) is 0.933. The molecule has 0 spiro atoms. The Hall–Kier alpha value is -0.610. The van der Waals surface area contributed by atoms with E-state index in [0.29, 0.717) is 12.6 Å².